The molecule has 110 valence electrons. The maximum atomic E-state index is 11.5. The van der Waals surface area contributed by atoms with E-state index in [1.807, 2.05) is 25.1 Å². The van der Waals surface area contributed by atoms with Crippen LogP contribution in [0.2, 0.25) is 0 Å². The second-order valence-electron chi connectivity index (χ2n) is 5.69. The van der Waals surface area contributed by atoms with Gasteiger partial charge in [-0.1, -0.05) is 13.0 Å². The fourth-order valence-corrected chi connectivity index (χ4v) is 2.59. The predicted molar refractivity (Wildman–Crippen MR) is 84.0 cm³/mol. The molecule has 0 spiro atoms. The van der Waals surface area contributed by atoms with Gasteiger partial charge in [-0.15, -0.1) is 0 Å². The van der Waals surface area contributed by atoms with Gasteiger partial charge in [-0.3, -0.25) is 4.79 Å². The zero-order chi connectivity index (χ0) is 14.5. The van der Waals surface area contributed by atoms with Crippen molar-refractivity contribution in [3.8, 4) is 0 Å². The summed E-state index contributed by atoms with van der Waals surface area (Å²) >= 11 is 0. The standard InChI is InChI=1S/C16H25N3O/c1-3-16(20)19-14-7-4-11(2)15(10-14)18-13-8-5-12(17)6-9-13/h4,7,10,12-13,18H,3,5-6,8-9,17H2,1-2H3,(H,19,20). The molecular weight excluding hydrogens is 250 g/mol. The van der Waals surface area contributed by atoms with Crippen molar-refractivity contribution in [1.82, 2.24) is 0 Å². The number of carbonyl (C=O) groups is 1. The molecule has 0 bridgehead atoms. The summed E-state index contributed by atoms with van der Waals surface area (Å²) in [5.41, 5.74) is 9.11. The van der Waals surface area contributed by atoms with E-state index in [1.54, 1.807) is 0 Å². The molecule has 0 aliphatic heterocycles. The van der Waals surface area contributed by atoms with Crippen LogP contribution in [0.1, 0.15) is 44.6 Å². The van der Waals surface area contributed by atoms with Gasteiger partial charge in [-0.25, -0.2) is 0 Å². The molecule has 0 aromatic heterocycles. The second-order valence-corrected chi connectivity index (χ2v) is 5.69. The second kappa shape index (κ2) is 6.75. The van der Waals surface area contributed by atoms with Crippen LogP contribution in [0, 0.1) is 6.92 Å². The molecule has 0 atom stereocenters. The molecule has 1 saturated carbocycles. The predicted octanol–water partition coefficient (Wildman–Crippen LogP) is 3.03. The van der Waals surface area contributed by atoms with E-state index >= 15 is 0 Å². The molecule has 1 aliphatic rings. The molecule has 0 saturated heterocycles. The Morgan fingerprint density at radius 3 is 2.65 bits per heavy atom. The first kappa shape index (κ1) is 14.9. The zero-order valence-corrected chi connectivity index (χ0v) is 12.4. The minimum absolute atomic E-state index is 0.0449. The largest absolute Gasteiger partial charge is 0.382 e. The third-order valence-corrected chi connectivity index (χ3v) is 3.97. The van der Waals surface area contributed by atoms with E-state index in [9.17, 15) is 4.79 Å². The maximum Gasteiger partial charge on any atom is 0.224 e. The first-order valence-electron chi connectivity index (χ1n) is 7.51. The highest BCUT2D eigenvalue weighted by molar-refractivity contribution is 5.91. The number of anilines is 2. The first-order valence-corrected chi connectivity index (χ1v) is 7.51. The molecule has 0 heterocycles. The average Bonchev–Trinajstić information content (AvgIpc) is 2.45. The number of benzene rings is 1. The monoisotopic (exact) mass is 275 g/mol. The van der Waals surface area contributed by atoms with Crippen LogP contribution < -0.4 is 16.4 Å². The van der Waals surface area contributed by atoms with Crippen molar-refractivity contribution in [2.24, 2.45) is 5.73 Å². The number of hydrogen-bond donors (Lipinski definition) is 3. The van der Waals surface area contributed by atoms with Crippen molar-refractivity contribution in [1.29, 1.82) is 0 Å². The summed E-state index contributed by atoms with van der Waals surface area (Å²) in [6.45, 7) is 3.94. The highest BCUT2D eigenvalue weighted by atomic mass is 16.1. The van der Waals surface area contributed by atoms with Crippen LogP contribution >= 0.6 is 0 Å². The van der Waals surface area contributed by atoms with E-state index in [-0.39, 0.29) is 5.91 Å². The number of nitrogens with one attached hydrogen (secondary N) is 2. The lowest BCUT2D eigenvalue weighted by atomic mass is 9.91. The molecule has 20 heavy (non-hydrogen) atoms. The quantitative estimate of drug-likeness (QED) is 0.791. The number of nitrogens with two attached hydrogens (primary N) is 1. The van der Waals surface area contributed by atoms with Crippen LogP contribution in [0.25, 0.3) is 0 Å². The lowest BCUT2D eigenvalue weighted by Crippen LogP contribution is -2.33. The van der Waals surface area contributed by atoms with E-state index in [4.69, 9.17) is 5.73 Å². The van der Waals surface area contributed by atoms with Crippen LogP contribution in [-0.2, 0) is 4.79 Å². The molecule has 2 rings (SSSR count). The van der Waals surface area contributed by atoms with E-state index in [2.05, 4.69) is 17.6 Å². The lowest BCUT2D eigenvalue weighted by Gasteiger charge is -2.28. The molecule has 1 amide bonds. The highest BCUT2D eigenvalue weighted by Crippen LogP contribution is 2.25. The van der Waals surface area contributed by atoms with E-state index < -0.39 is 0 Å². The Labute approximate surface area is 121 Å². The van der Waals surface area contributed by atoms with Crippen molar-refractivity contribution >= 4 is 17.3 Å². The van der Waals surface area contributed by atoms with Gasteiger partial charge in [0, 0.05) is 29.9 Å². The summed E-state index contributed by atoms with van der Waals surface area (Å²) in [6.07, 6.45) is 4.90. The number of aryl methyl sites for hydroxylation is 1. The molecule has 0 unspecified atom stereocenters. The summed E-state index contributed by atoms with van der Waals surface area (Å²) in [5, 5.41) is 6.50. The number of amides is 1. The normalized spacial score (nSPS) is 22.4. The molecule has 4 heteroatoms. The van der Waals surface area contributed by atoms with Gasteiger partial charge in [0.15, 0.2) is 0 Å². The van der Waals surface area contributed by atoms with Crippen LogP contribution in [0.15, 0.2) is 18.2 Å². The lowest BCUT2D eigenvalue weighted by molar-refractivity contribution is -0.115. The molecular formula is C16H25N3O. The van der Waals surface area contributed by atoms with Crippen LogP contribution in [0.5, 0.6) is 0 Å². The van der Waals surface area contributed by atoms with Crippen molar-refractivity contribution in [2.45, 2.75) is 58.0 Å². The topological polar surface area (TPSA) is 67.2 Å². The Hall–Kier alpha value is -1.55. The van der Waals surface area contributed by atoms with Crippen molar-refractivity contribution in [3.63, 3.8) is 0 Å². The third-order valence-electron chi connectivity index (χ3n) is 3.97. The summed E-state index contributed by atoms with van der Waals surface area (Å²) in [6, 6.07) is 6.87. The van der Waals surface area contributed by atoms with Crippen molar-refractivity contribution in [3.05, 3.63) is 23.8 Å². The number of rotatable bonds is 4. The SMILES string of the molecule is CCC(=O)Nc1ccc(C)c(NC2CCC(N)CC2)c1. The molecule has 1 aromatic rings. The minimum atomic E-state index is 0.0449. The van der Waals surface area contributed by atoms with Gasteiger partial charge in [-0.05, 0) is 50.3 Å². The van der Waals surface area contributed by atoms with Gasteiger partial charge in [0.05, 0.1) is 0 Å². The minimum Gasteiger partial charge on any atom is -0.382 e. The van der Waals surface area contributed by atoms with Gasteiger partial charge in [0.1, 0.15) is 0 Å². The van der Waals surface area contributed by atoms with Gasteiger partial charge in [-0.2, -0.15) is 0 Å². The Morgan fingerprint density at radius 1 is 1.30 bits per heavy atom. The Kier molecular flexibility index (Phi) is 5.01. The molecule has 4 N–H and O–H groups in total. The van der Waals surface area contributed by atoms with Gasteiger partial charge >= 0.3 is 0 Å². The third kappa shape index (κ3) is 3.97. The molecule has 4 nitrogen and oxygen atoms in total. The molecule has 1 aliphatic carbocycles. The number of hydrogen-bond acceptors (Lipinski definition) is 3. The van der Waals surface area contributed by atoms with E-state index in [0.717, 1.165) is 37.1 Å². The Bertz CT molecular complexity index is 465. The first-order chi connectivity index (χ1) is 9.58. The van der Waals surface area contributed by atoms with Crippen LogP contribution in [-0.4, -0.2) is 18.0 Å². The van der Waals surface area contributed by atoms with E-state index in [1.165, 1.54) is 5.56 Å². The number of carbonyl (C=O) groups excluding carboxylic acids is 1. The smallest absolute Gasteiger partial charge is 0.224 e. The summed E-state index contributed by atoms with van der Waals surface area (Å²) in [7, 11) is 0. The van der Waals surface area contributed by atoms with Gasteiger partial charge in [0.25, 0.3) is 0 Å². The Balaban J connectivity index is 2.02. The van der Waals surface area contributed by atoms with E-state index in [0.29, 0.717) is 18.5 Å². The van der Waals surface area contributed by atoms with Crippen LogP contribution in [0.3, 0.4) is 0 Å². The fraction of sp³-hybridized carbons (Fsp3) is 0.562. The highest BCUT2D eigenvalue weighted by Gasteiger charge is 2.18. The van der Waals surface area contributed by atoms with Gasteiger partial charge in [0.2, 0.25) is 5.91 Å². The molecule has 1 fully saturated rings. The Morgan fingerprint density at radius 2 is 2.00 bits per heavy atom. The average molecular weight is 275 g/mol. The maximum absolute atomic E-state index is 11.5. The zero-order valence-electron chi connectivity index (χ0n) is 12.4. The summed E-state index contributed by atoms with van der Waals surface area (Å²) in [5.74, 6) is 0.0449. The van der Waals surface area contributed by atoms with Crippen LogP contribution in [0.4, 0.5) is 11.4 Å². The molecule has 0 radical (unpaired) electrons. The van der Waals surface area contributed by atoms with Gasteiger partial charge < -0.3 is 16.4 Å². The molecule has 1 aromatic carbocycles. The summed E-state index contributed by atoms with van der Waals surface area (Å²) in [4.78, 5) is 11.5. The van der Waals surface area contributed by atoms with Crippen molar-refractivity contribution < 1.29 is 4.79 Å². The fourth-order valence-electron chi connectivity index (χ4n) is 2.59. The summed E-state index contributed by atoms with van der Waals surface area (Å²) < 4.78 is 0. The van der Waals surface area contributed by atoms with Crippen molar-refractivity contribution in [2.75, 3.05) is 10.6 Å².